The topological polar surface area (TPSA) is 163 Å². The number of carbonyl (C=O) groups is 4. The van der Waals surface area contributed by atoms with Crippen LogP contribution >= 0.6 is 11.6 Å². The summed E-state index contributed by atoms with van der Waals surface area (Å²) in [6.45, 7) is 9.85. The fourth-order valence-corrected chi connectivity index (χ4v) is 4.93. The Bertz CT molecular complexity index is 1970. The van der Waals surface area contributed by atoms with E-state index in [1.54, 1.807) is 96.1 Å². The Hall–Kier alpha value is -6.08. The molecule has 0 unspecified atom stereocenters. The predicted molar refractivity (Wildman–Crippen MR) is 210 cm³/mol. The van der Waals surface area contributed by atoms with Gasteiger partial charge < -0.3 is 34.3 Å². The second-order valence-corrected chi connectivity index (χ2v) is 14.5. The highest BCUT2D eigenvalue weighted by Crippen LogP contribution is 2.33. The van der Waals surface area contributed by atoms with E-state index in [0.717, 1.165) is 5.56 Å². The molecule has 4 rings (SSSR count). The van der Waals surface area contributed by atoms with Crippen LogP contribution in [0.3, 0.4) is 0 Å². The lowest BCUT2D eigenvalue weighted by molar-refractivity contribution is -0.157. The third-order valence-electron chi connectivity index (χ3n) is 7.04. The van der Waals surface area contributed by atoms with E-state index < -0.39 is 48.4 Å². The van der Waals surface area contributed by atoms with Gasteiger partial charge in [-0.1, -0.05) is 66.2 Å². The SMILES string of the molecule is CC(C)(C)OC(=O)COc1c(CNc2ccc(Cl)cc2C(=O)Nc2ccc(/C=N/NC(=O)OC(C)(C)C)cc2)cccc1OCC(=O)OCc1ccccc1. The average molecular weight is 773 g/mol. The van der Waals surface area contributed by atoms with E-state index in [-0.39, 0.29) is 30.2 Å². The van der Waals surface area contributed by atoms with Crippen LogP contribution in [-0.4, -0.2) is 54.6 Å². The van der Waals surface area contributed by atoms with E-state index in [4.69, 9.17) is 35.3 Å². The molecule has 0 spiro atoms. The lowest BCUT2D eigenvalue weighted by Crippen LogP contribution is -2.29. The maximum absolute atomic E-state index is 13.5. The molecule has 13 nitrogen and oxygen atoms in total. The number of benzene rings is 4. The summed E-state index contributed by atoms with van der Waals surface area (Å²) < 4.78 is 27.7. The van der Waals surface area contributed by atoms with E-state index in [9.17, 15) is 19.2 Å². The molecule has 0 aliphatic rings. The maximum atomic E-state index is 13.5. The first-order chi connectivity index (χ1) is 26.0. The van der Waals surface area contributed by atoms with Crippen LogP contribution in [-0.2, 0) is 37.0 Å². The van der Waals surface area contributed by atoms with Crippen LogP contribution in [0.1, 0.15) is 68.6 Å². The molecule has 0 aromatic heterocycles. The van der Waals surface area contributed by atoms with Crippen LogP contribution < -0.4 is 25.5 Å². The number of nitrogens with one attached hydrogen (secondary N) is 3. The van der Waals surface area contributed by atoms with Crippen LogP contribution in [0.4, 0.5) is 16.2 Å². The summed E-state index contributed by atoms with van der Waals surface area (Å²) in [4.78, 5) is 50.5. The molecule has 3 N–H and O–H groups in total. The zero-order valence-electron chi connectivity index (χ0n) is 31.6. The van der Waals surface area contributed by atoms with Gasteiger partial charge in [0, 0.05) is 28.5 Å². The Kier molecular flexibility index (Phi) is 14.6. The third kappa shape index (κ3) is 14.7. The van der Waals surface area contributed by atoms with Crippen LogP contribution in [0.2, 0.25) is 5.02 Å². The Morgan fingerprint density at radius 2 is 1.45 bits per heavy atom. The quantitative estimate of drug-likeness (QED) is 0.0469. The minimum atomic E-state index is -0.730. The first-order valence-corrected chi connectivity index (χ1v) is 17.7. The highest BCUT2D eigenvalue weighted by molar-refractivity contribution is 6.31. The third-order valence-corrected chi connectivity index (χ3v) is 7.27. The van der Waals surface area contributed by atoms with Crippen molar-refractivity contribution < 1.29 is 42.9 Å². The van der Waals surface area contributed by atoms with Gasteiger partial charge in [0.2, 0.25) is 0 Å². The largest absolute Gasteiger partial charge is 0.478 e. The first-order valence-electron chi connectivity index (χ1n) is 17.3. The van der Waals surface area contributed by atoms with E-state index in [1.807, 2.05) is 30.3 Å². The average Bonchev–Trinajstić information content (AvgIpc) is 3.11. The van der Waals surface area contributed by atoms with Crippen molar-refractivity contribution >= 4 is 53.1 Å². The number of carbonyl (C=O) groups excluding carboxylic acids is 4. The summed E-state index contributed by atoms with van der Waals surface area (Å²) in [6, 6.07) is 25.9. The Morgan fingerprint density at radius 1 is 0.764 bits per heavy atom. The molecule has 4 aromatic carbocycles. The van der Waals surface area contributed by atoms with Crippen LogP contribution in [0.15, 0.2) is 96.1 Å². The summed E-state index contributed by atoms with van der Waals surface area (Å²) in [5.41, 5.74) is 4.17. The van der Waals surface area contributed by atoms with Crippen molar-refractivity contribution in [3.8, 4) is 11.5 Å². The van der Waals surface area contributed by atoms with Crippen LogP contribution in [0.25, 0.3) is 0 Å². The Morgan fingerprint density at radius 3 is 2.15 bits per heavy atom. The lowest BCUT2D eigenvalue weighted by atomic mass is 10.1. The van der Waals surface area contributed by atoms with Gasteiger partial charge in [0.25, 0.3) is 5.91 Å². The number of para-hydroxylation sites is 1. The van der Waals surface area contributed by atoms with E-state index in [1.165, 1.54) is 12.3 Å². The van der Waals surface area contributed by atoms with Crippen molar-refractivity contribution in [3.63, 3.8) is 0 Å². The second kappa shape index (κ2) is 19.3. The second-order valence-electron chi connectivity index (χ2n) is 14.0. The molecule has 0 atom stereocenters. The zero-order valence-corrected chi connectivity index (χ0v) is 32.3. The van der Waals surface area contributed by atoms with Gasteiger partial charge in [0.05, 0.1) is 11.8 Å². The molecule has 0 aliphatic heterocycles. The number of hydrogen-bond acceptors (Lipinski definition) is 11. The fourth-order valence-electron chi connectivity index (χ4n) is 4.76. The van der Waals surface area contributed by atoms with Crippen molar-refractivity contribution in [2.75, 3.05) is 23.8 Å². The van der Waals surface area contributed by atoms with Crippen molar-refractivity contribution in [1.82, 2.24) is 5.43 Å². The molecule has 0 fully saturated rings. The summed E-state index contributed by atoms with van der Waals surface area (Å²) in [5, 5.41) is 10.3. The minimum absolute atomic E-state index is 0.0845. The maximum Gasteiger partial charge on any atom is 0.428 e. The number of hydrogen-bond donors (Lipinski definition) is 3. The highest BCUT2D eigenvalue weighted by Gasteiger charge is 2.21. The molecular weight excluding hydrogens is 728 g/mol. The molecular formula is C41H45ClN4O9. The Labute approximate surface area is 325 Å². The molecule has 4 aromatic rings. The smallest absolute Gasteiger partial charge is 0.428 e. The van der Waals surface area contributed by atoms with Crippen LogP contribution in [0, 0.1) is 0 Å². The van der Waals surface area contributed by atoms with Crippen LogP contribution in [0.5, 0.6) is 11.5 Å². The molecule has 290 valence electrons. The molecule has 2 amide bonds. The lowest BCUT2D eigenvalue weighted by Gasteiger charge is -2.21. The van der Waals surface area contributed by atoms with Gasteiger partial charge in [0.1, 0.15) is 17.8 Å². The predicted octanol–water partition coefficient (Wildman–Crippen LogP) is 7.91. The van der Waals surface area contributed by atoms with Crippen molar-refractivity contribution in [2.24, 2.45) is 5.10 Å². The van der Waals surface area contributed by atoms with E-state index in [0.29, 0.717) is 27.5 Å². The number of rotatable bonds is 15. The Balaban J connectivity index is 1.45. The highest BCUT2D eigenvalue weighted by atomic mass is 35.5. The number of esters is 2. The summed E-state index contributed by atoms with van der Waals surface area (Å²) in [7, 11) is 0. The summed E-state index contributed by atoms with van der Waals surface area (Å²) in [6.07, 6.45) is 0.762. The molecule has 0 saturated carbocycles. The number of ether oxygens (including phenoxy) is 5. The van der Waals surface area contributed by atoms with Gasteiger partial charge in [0.15, 0.2) is 24.7 Å². The molecule has 0 aliphatic carbocycles. The molecule has 0 radical (unpaired) electrons. The molecule has 0 saturated heterocycles. The standard InChI is InChI=1S/C41H45ClN4O9/c1-40(2,3)54-36(48)26-53-37-29(13-10-14-34(37)51-25-35(47)52-24-28-11-8-7-9-12-28)23-43-33-20-17-30(42)21-32(33)38(49)45-31-18-15-27(16-19-31)22-44-46-39(50)55-41(4,5)6/h7-22,43H,23-26H2,1-6H3,(H,45,49)(H,46,50)/b44-22+. The summed E-state index contributed by atoms with van der Waals surface area (Å²) >= 11 is 6.31. The van der Waals surface area contributed by atoms with Crippen molar-refractivity contribution in [1.29, 1.82) is 0 Å². The minimum Gasteiger partial charge on any atom is -0.478 e. The van der Waals surface area contributed by atoms with Crippen molar-refractivity contribution in [2.45, 2.75) is 65.9 Å². The van der Waals surface area contributed by atoms with Crippen molar-refractivity contribution in [3.05, 3.63) is 118 Å². The monoisotopic (exact) mass is 772 g/mol. The molecule has 0 bridgehead atoms. The fraction of sp³-hybridized carbons (Fsp3) is 0.293. The summed E-state index contributed by atoms with van der Waals surface area (Å²) in [5.74, 6) is -1.24. The van der Waals surface area contributed by atoms with Gasteiger partial charge in [-0.15, -0.1) is 0 Å². The van der Waals surface area contributed by atoms with Gasteiger partial charge in [-0.05, 0) is 89.1 Å². The number of nitrogens with zero attached hydrogens (tertiary/aromatic N) is 1. The van der Waals surface area contributed by atoms with Gasteiger partial charge in [-0.25, -0.2) is 19.8 Å². The number of hydrazone groups is 1. The first kappa shape index (κ1) is 41.7. The van der Waals surface area contributed by atoms with Gasteiger partial charge in [-0.2, -0.15) is 5.10 Å². The van der Waals surface area contributed by atoms with Gasteiger partial charge >= 0.3 is 18.0 Å². The normalized spacial score (nSPS) is 11.3. The number of halogens is 1. The molecule has 14 heteroatoms. The molecule has 0 heterocycles. The van der Waals surface area contributed by atoms with E-state index >= 15 is 0 Å². The van der Waals surface area contributed by atoms with E-state index in [2.05, 4.69) is 21.2 Å². The number of anilines is 2. The molecule has 55 heavy (non-hydrogen) atoms. The zero-order chi connectivity index (χ0) is 40.0. The number of amides is 2. The van der Waals surface area contributed by atoms with Gasteiger partial charge in [-0.3, -0.25) is 4.79 Å².